The van der Waals surface area contributed by atoms with Crippen molar-refractivity contribution in [2.75, 3.05) is 6.26 Å². The van der Waals surface area contributed by atoms with Gasteiger partial charge in [0.25, 0.3) is 5.91 Å². The van der Waals surface area contributed by atoms with Crippen LogP contribution in [0.5, 0.6) is 0 Å². The van der Waals surface area contributed by atoms with E-state index in [1.807, 2.05) is 30.5 Å². The Morgan fingerprint density at radius 3 is 2.43 bits per heavy atom. The number of aliphatic carboxylic acids is 1. The second-order valence-electron chi connectivity index (χ2n) is 4.94. The van der Waals surface area contributed by atoms with Gasteiger partial charge in [0.1, 0.15) is 5.69 Å². The molecule has 120 valence electrons. The van der Waals surface area contributed by atoms with E-state index in [1.54, 1.807) is 18.7 Å². The second-order valence-corrected chi connectivity index (χ2v) is 5.82. The van der Waals surface area contributed by atoms with Crippen molar-refractivity contribution >= 4 is 23.6 Å². The molecule has 0 saturated carbocycles. The van der Waals surface area contributed by atoms with Gasteiger partial charge in [-0.1, -0.05) is 12.1 Å². The van der Waals surface area contributed by atoms with Gasteiger partial charge in [-0.25, -0.2) is 4.98 Å². The molecule has 0 saturated heterocycles. The number of thioether (sulfide) groups is 1. The Kier molecular flexibility index (Phi) is 5.70. The molecule has 1 aromatic heterocycles. The standard InChI is InChI=1S/C16H17N3O3S/c1-10-8-18-14(9-17-10)16(22)19-13(7-15(20)21)11-3-5-12(23-2)6-4-11/h3-6,8-9,13H,7H2,1-2H3,(H,19,22)(H,20,21). The first kappa shape index (κ1) is 17.0. The van der Waals surface area contributed by atoms with Gasteiger partial charge in [0.15, 0.2) is 0 Å². The number of benzene rings is 1. The number of hydrogen-bond donors (Lipinski definition) is 2. The summed E-state index contributed by atoms with van der Waals surface area (Å²) in [5.41, 5.74) is 1.60. The lowest BCUT2D eigenvalue weighted by Gasteiger charge is -2.17. The Bertz CT molecular complexity index is 687. The lowest BCUT2D eigenvalue weighted by molar-refractivity contribution is -0.137. The third-order valence-corrected chi connectivity index (χ3v) is 3.96. The topological polar surface area (TPSA) is 92.2 Å². The van der Waals surface area contributed by atoms with Crippen molar-refractivity contribution < 1.29 is 14.7 Å². The average molecular weight is 331 g/mol. The quantitative estimate of drug-likeness (QED) is 0.790. The second kappa shape index (κ2) is 7.73. The van der Waals surface area contributed by atoms with Gasteiger partial charge in [-0.15, -0.1) is 11.8 Å². The van der Waals surface area contributed by atoms with Crippen molar-refractivity contribution in [3.05, 3.63) is 53.6 Å². The molecule has 0 aliphatic carbocycles. The van der Waals surface area contributed by atoms with Crippen molar-refractivity contribution in [2.45, 2.75) is 24.3 Å². The normalized spacial score (nSPS) is 11.7. The van der Waals surface area contributed by atoms with Crippen LogP contribution < -0.4 is 5.32 Å². The van der Waals surface area contributed by atoms with Crippen LogP contribution in [0.4, 0.5) is 0 Å². The predicted octanol–water partition coefficient (Wildman–Crippen LogP) is 2.45. The molecule has 1 unspecified atom stereocenters. The Balaban J connectivity index is 2.18. The summed E-state index contributed by atoms with van der Waals surface area (Å²) in [5.74, 6) is -1.43. The molecule has 0 radical (unpaired) electrons. The van der Waals surface area contributed by atoms with Crippen molar-refractivity contribution in [3.63, 3.8) is 0 Å². The van der Waals surface area contributed by atoms with Crippen LogP contribution in [0.2, 0.25) is 0 Å². The molecule has 1 amide bonds. The summed E-state index contributed by atoms with van der Waals surface area (Å²) in [5, 5.41) is 11.8. The molecule has 23 heavy (non-hydrogen) atoms. The van der Waals surface area contributed by atoms with Gasteiger partial charge in [-0.05, 0) is 30.9 Å². The minimum absolute atomic E-state index is 0.159. The number of aromatic nitrogens is 2. The number of amides is 1. The third kappa shape index (κ3) is 4.79. The highest BCUT2D eigenvalue weighted by Crippen LogP contribution is 2.21. The summed E-state index contributed by atoms with van der Waals surface area (Å²) in [4.78, 5) is 32.4. The number of carboxylic acid groups (broad SMARTS) is 1. The van der Waals surface area contributed by atoms with Crippen LogP contribution in [0.1, 0.15) is 34.2 Å². The maximum atomic E-state index is 12.2. The lowest BCUT2D eigenvalue weighted by Crippen LogP contribution is -2.30. The Hall–Kier alpha value is -2.41. The molecule has 1 aromatic carbocycles. The van der Waals surface area contributed by atoms with E-state index in [4.69, 9.17) is 5.11 Å². The molecule has 2 N–H and O–H groups in total. The molecule has 2 rings (SSSR count). The van der Waals surface area contributed by atoms with Crippen LogP contribution >= 0.6 is 11.8 Å². The number of rotatable bonds is 6. The van der Waals surface area contributed by atoms with E-state index < -0.39 is 17.9 Å². The molecule has 7 heteroatoms. The molecule has 0 aliphatic heterocycles. The van der Waals surface area contributed by atoms with E-state index in [2.05, 4.69) is 15.3 Å². The van der Waals surface area contributed by atoms with Gasteiger partial charge in [0.2, 0.25) is 0 Å². The highest BCUT2D eigenvalue weighted by atomic mass is 32.2. The van der Waals surface area contributed by atoms with Gasteiger partial charge in [-0.3, -0.25) is 14.6 Å². The third-order valence-electron chi connectivity index (χ3n) is 3.22. The van der Waals surface area contributed by atoms with E-state index in [1.165, 1.54) is 12.4 Å². The number of carbonyl (C=O) groups is 2. The highest BCUT2D eigenvalue weighted by Gasteiger charge is 2.19. The number of carbonyl (C=O) groups excluding carboxylic acids is 1. The fourth-order valence-corrected chi connectivity index (χ4v) is 2.41. The van der Waals surface area contributed by atoms with Crippen LogP contribution in [0.25, 0.3) is 0 Å². The fraction of sp³-hybridized carbons (Fsp3) is 0.250. The molecule has 0 spiro atoms. The zero-order chi connectivity index (χ0) is 16.8. The van der Waals surface area contributed by atoms with Crippen LogP contribution in [0.15, 0.2) is 41.6 Å². The van der Waals surface area contributed by atoms with E-state index in [-0.39, 0.29) is 12.1 Å². The molecular formula is C16H17N3O3S. The first-order chi connectivity index (χ1) is 11.0. The highest BCUT2D eigenvalue weighted by molar-refractivity contribution is 7.98. The van der Waals surface area contributed by atoms with E-state index in [0.29, 0.717) is 5.69 Å². The summed E-state index contributed by atoms with van der Waals surface area (Å²) in [6.07, 6.45) is 4.62. The summed E-state index contributed by atoms with van der Waals surface area (Å²) in [7, 11) is 0. The Morgan fingerprint density at radius 1 is 1.22 bits per heavy atom. The summed E-state index contributed by atoms with van der Waals surface area (Å²) in [6, 6.07) is 6.81. The monoisotopic (exact) mass is 331 g/mol. The number of hydrogen-bond acceptors (Lipinski definition) is 5. The van der Waals surface area contributed by atoms with Gasteiger partial charge in [0, 0.05) is 11.1 Å². The molecule has 1 atom stereocenters. The van der Waals surface area contributed by atoms with Crippen molar-refractivity contribution in [2.24, 2.45) is 0 Å². The van der Waals surface area contributed by atoms with Crippen LogP contribution in [0, 0.1) is 6.92 Å². The molecule has 0 aliphatic rings. The molecule has 2 aromatic rings. The van der Waals surface area contributed by atoms with Gasteiger partial charge >= 0.3 is 5.97 Å². The zero-order valence-corrected chi connectivity index (χ0v) is 13.6. The predicted molar refractivity (Wildman–Crippen MR) is 87.5 cm³/mol. The summed E-state index contributed by atoms with van der Waals surface area (Å²) in [6.45, 7) is 1.77. The zero-order valence-electron chi connectivity index (χ0n) is 12.8. The van der Waals surface area contributed by atoms with E-state index >= 15 is 0 Å². The minimum Gasteiger partial charge on any atom is -0.481 e. The molecule has 1 heterocycles. The van der Waals surface area contributed by atoms with Crippen LogP contribution in [-0.4, -0.2) is 33.2 Å². The first-order valence-electron chi connectivity index (χ1n) is 6.95. The minimum atomic E-state index is -0.987. The number of aryl methyl sites for hydroxylation is 1. The molecule has 0 bridgehead atoms. The molecule has 6 nitrogen and oxygen atoms in total. The number of nitrogens with zero attached hydrogens (tertiary/aromatic N) is 2. The van der Waals surface area contributed by atoms with Crippen LogP contribution in [0.3, 0.4) is 0 Å². The van der Waals surface area contributed by atoms with Crippen molar-refractivity contribution in [1.29, 1.82) is 0 Å². The van der Waals surface area contributed by atoms with Crippen LogP contribution in [-0.2, 0) is 4.79 Å². The Morgan fingerprint density at radius 2 is 1.91 bits per heavy atom. The van der Waals surface area contributed by atoms with Crippen molar-refractivity contribution in [3.8, 4) is 0 Å². The van der Waals surface area contributed by atoms with Gasteiger partial charge < -0.3 is 10.4 Å². The first-order valence-corrected chi connectivity index (χ1v) is 8.17. The maximum Gasteiger partial charge on any atom is 0.305 e. The van der Waals surface area contributed by atoms with Crippen molar-refractivity contribution in [1.82, 2.24) is 15.3 Å². The average Bonchev–Trinajstić information content (AvgIpc) is 2.54. The summed E-state index contributed by atoms with van der Waals surface area (Å²) >= 11 is 1.59. The molecule has 0 fully saturated rings. The largest absolute Gasteiger partial charge is 0.481 e. The maximum absolute atomic E-state index is 12.2. The Labute approximate surface area is 138 Å². The SMILES string of the molecule is CSc1ccc(C(CC(=O)O)NC(=O)c2cnc(C)cn2)cc1. The number of nitrogens with one attached hydrogen (secondary N) is 1. The lowest BCUT2D eigenvalue weighted by atomic mass is 10.0. The van der Waals surface area contributed by atoms with E-state index in [9.17, 15) is 9.59 Å². The summed E-state index contributed by atoms with van der Waals surface area (Å²) < 4.78 is 0. The van der Waals surface area contributed by atoms with E-state index in [0.717, 1.165) is 10.5 Å². The molecular weight excluding hydrogens is 314 g/mol. The van der Waals surface area contributed by atoms with Gasteiger partial charge in [0.05, 0.1) is 24.4 Å². The fourth-order valence-electron chi connectivity index (χ4n) is 2.01. The van der Waals surface area contributed by atoms with Gasteiger partial charge in [-0.2, -0.15) is 0 Å². The number of carboxylic acids is 1. The smallest absolute Gasteiger partial charge is 0.305 e.